The normalized spacial score (nSPS) is 19.8. The summed E-state index contributed by atoms with van der Waals surface area (Å²) in [7, 11) is -1.93. The lowest BCUT2D eigenvalue weighted by atomic mass is 10.2. The van der Waals surface area contributed by atoms with Gasteiger partial charge in [0.25, 0.3) is 0 Å². The Bertz CT molecular complexity index is 392. The first-order chi connectivity index (χ1) is 7.48. The van der Waals surface area contributed by atoms with Crippen LogP contribution in [-0.2, 0) is 0 Å². The van der Waals surface area contributed by atoms with Crippen LogP contribution in [0.5, 0.6) is 0 Å². The molecule has 6 nitrogen and oxygen atoms in total. The van der Waals surface area contributed by atoms with Crippen LogP contribution in [0.4, 0.5) is 4.79 Å². The average molecular weight is 255 g/mol. The van der Waals surface area contributed by atoms with E-state index >= 15 is 0 Å². The zero-order chi connectivity index (χ0) is 13.6. The second kappa shape index (κ2) is 3.65. The number of urea groups is 1. The molecule has 0 aliphatic carbocycles. The van der Waals surface area contributed by atoms with Gasteiger partial charge >= 0.3 is 6.03 Å². The maximum absolute atomic E-state index is 12.1. The Morgan fingerprint density at radius 3 is 2.12 bits per heavy atom. The van der Waals surface area contributed by atoms with Gasteiger partial charge < -0.3 is 0 Å². The van der Waals surface area contributed by atoms with Crippen LogP contribution in [0.2, 0.25) is 18.1 Å². The van der Waals surface area contributed by atoms with Crippen LogP contribution in [0.25, 0.3) is 10.4 Å². The van der Waals surface area contributed by atoms with E-state index in [4.69, 9.17) is 5.53 Å². The summed E-state index contributed by atoms with van der Waals surface area (Å²) in [6.45, 7) is 14.6. The van der Waals surface area contributed by atoms with Gasteiger partial charge in [0.15, 0.2) is 13.9 Å². The summed E-state index contributed by atoms with van der Waals surface area (Å²) in [4.78, 5) is 14.8. The van der Waals surface area contributed by atoms with Gasteiger partial charge in [-0.2, -0.15) is 4.91 Å². The Balaban J connectivity index is 3.12. The molecule has 0 aromatic carbocycles. The highest BCUT2D eigenvalue weighted by Gasteiger charge is 2.64. The summed E-state index contributed by atoms with van der Waals surface area (Å²) in [5.74, 6) is 0. The molecule has 7 heteroatoms. The molecule has 1 fully saturated rings. The van der Waals surface area contributed by atoms with Gasteiger partial charge in [0.2, 0.25) is 0 Å². The Labute approximate surface area is 103 Å². The number of amides is 2. The molecule has 0 saturated carbocycles. The minimum absolute atomic E-state index is 0.0718. The quantitative estimate of drug-likeness (QED) is 0.321. The lowest BCUT2D eigenvalue weighted by Crippen LogP contribution is -2.80. The van der Waals surface area contributed by atoms with E-state index in [0.717, 1.165) is 0 Å². The van der Waals surface area contributed by atoms with Gasteiger partial charge in [0.1, 0.15) is 0 Å². The average Bonchev–Trinajstić information content (AvgIpc) is 2.11. The number of nitrogens with zero attached hydrogens (tertiary/aromatic N) is 5. The second-order valence-electron chi connectivity index (χ2n) is 6.41. The van der Waals surface area contributed by atoms with Crippen LogP contribution >= 0.6 is 0 Å². The van der Waals surface area contributed by atoms with Crippen molar-refractivity contribution in [2.75, 3.05) is 0 Å². The first-order valence-corrected chi connectivity index (χ1v) is 8.62. The van der Waals surface area contributed by atoms with Crippen molar-refractivity contribution in [2.24, 2.45) is 5.22 Å². The number of rotatable bonds is 2. The van der Waals surface area contributed by atoms with E-state index in [1.54, 1.807) is 0 Å². The van der Waals surface area contributed by atoms with Gasteiger partial charge in [-0.3, -0.25) is 4.57 Å². The highest BCUT2D eigenvalue weighted by Crippen LogP contribution is 2.47. The summed E-state index contributed by atoms with van der Waals surface area (Å²) in [6.07, 6.45) is 0. The highest BCUT2D eigenvalue weighted by molar-refractivity contribution is 6.80. The molecular weight excluding hydrogens is 234 g/mol. The summed E-state index contributed by atoms with van der Waals surface area (Å²) in [5, 5.41) is 4.74. The molecule has 1 aliphatic rings. The Hall–Kier alpha value is -1.20. The molecule has 1 rings (SSSR count). The number of hydrogen-bond donors (Lipinski definition) is 0. The first-order valence-electron chi connectivity index (χ1n) is 5.67. The van der Waals surface area contributed by atoms with Crippen LogP contribution < -0.4 is 0 Å². The minimum Gasteiger partial charge on any atom is -0.292 e. The third kappa shape index (κ3) is 1.79. The van der Waals surface area contributed by atoms with E-state index in [0.29, 0.717) is 0 Å². The standard InChI is InChI=1S/C10H21N5OSi/c1-9(2,3)17(6,7)15-8(16)14(13-12-11)10(15,4)5/h1-7H3. The second-order valence-corrected chi connectivity index (χ2v) is 11.5. The van der Waals surface area contributed by atoms with Crippen LogP contribution in [-0.4, -0.2) is 29.5 Å². The summed E-state index contributed by atoms with van der Waals surface area (Å²) in [5.41, 5.74) is 7.94. The van der Waals surface area contributed by atoms with Crippen molar-refractivity contribution in [1.29, 1.82) is 0 Å². The van der Waals surface area contributed by atoms with Gasteiger partial charge in [0, 0.05) is 0 Å². The van der Waals surface area contributed by atoms with E-state index in [1.165, 1.54) is 5.01 Å². The van der Waals surface area contributed by atoms with Crippen molar-refractivity contribution in [1.82, 2.24) is 9.57 Å². The summed E-state index contributed by atoms with van der Waals surface area (Å²) >= 11 is 0. The SMILES string of the molecule is CC1(C)N(N=[N+]=[N-])C(=O)N1[Si](C)(C)C(C)(C)C. The van der Waals surface area contributed by atoms with Crippen molar-refractivity contribution in [3.8, 4) is 0 Å². The zero-order valence-corrected chi connectivity index (χ0v) is 12.6. The molecule has 0 spiro atoms. The molecule has 2 amide bonds. The Morgan fingerprint density at radius 2 is 1.82 bits per heavy atom. The fourth-order valence-electron chi connectivity index (χ4n) is 2.06. The molecule has 0 aromatic heterocycles. The van der Waals surface area contributed by atoms with E-state index in [-0.39, 0.29) is 11.1 Å². The maximum atomic E-state index is 12.1. The van der Waals surface area contributed by atoms with Crippen molar-refractivity contribution >= 4 is 14.3 Å². The van der Waals surface area contributed by atoms with Gasteiger partial charge in [-0.1, -0.05) is 33.9 Å². The molecule has 1 heterocycles. The van der Waals surface area contributed by atoms with Crippen molar-refractivity contribution in [3.63, 3.8) is 0 Å². The molecular formula is C10H21N5OSi. The van der Waals surface area contributed by atoms with Crippen molar-refractivity contribution < 1.29 is 4.79 Å². The first kappa shape index (κ1) is 13.9. The van der Waals surface area contributed by atoms with Crippen LogP contribution in [0.15, 0.2) is 5.22 Å². The van der Waals surface area contributed by atoms with E-state index in [2.05, 4.69) is 44.0 Å². The molecule has 0 aromatic rings. The van der Waals surface area contributed by atoms with Gasteiger partial charge in [-0.15, -0.1) is 10.5 Å². The largest absolute Gasteiger partial charge is 0.411 e. The predicted octanol–water partition coefficient (Wildman–Crippen LogP) is 3.69. The maximum Gasteiger partial charge on any atom is 0.411 e. The fourth-order valence-corrected chi connectivity index (χ4v) is 4.77. The Morgan fingerprint density at radius 1 is 1.35 bits per heavy atom. The van der Waals surface area contributed by atoms with Crippen LogP contribution in [0, 0.1) is 0 Å². The highest BCUT2D eigenvalue weighted by atomic mass is 28.3. The topological polar surface area (TPSA) is 72.3 Å². The van der Waals surface area contributed by atoms with Crippen molar-refractivity contribution in [3.05, 3.63) is 10.4 Å². The van der Waals surface area contributed by atoms with Gasteiger partial charge in [-0.25, -0.2) is 4.79 Å². The van der Waals surface area contributed by atoms with Crippen molar-refractivity contribution in [2.45, 2.75) is 58.4 Å². The molecule has 0 N–H and O–H groups in total. The van der Waals surface area contributed by atoms with E-state index in [1.807, 2.05) is 18.4 Å². The summed E-state index contributed by atoms with van der Waals surface area (Å²) in [6, 6.07) is -0.181. The van der Waals surface area contributed by atoms with Gasteiger partial charge in [0.05, 0.1) is 0 Å². The van der Waals surface area contributed by atoms with E-state index in [9.17, 15) is 4.79 Å². The molecule has 0 atom stereocenters. The molecule has 0 radical (unpaired) electrons. The smallest absolute Gasteiger partial charge is 0.292 e. The molecule has 1 aliphatic heterocycles. The third-order valence-electron chi connectivity index (χ3n) is 3.96. The van der Waals surface area contributed by atoms with E-state index < -0.39 is 13.9 Å². The van der Waals surface area contributed by atoms with Gasteiger partial charge in [-0.05, 0) is 24.1 Å². The van der Waals surface area contributed by atoms with Crippen LogP contribution in [0.1, 0.15) is 34.6 Å². The summed E-state index contributed by atoms with van der Waals surface area (Å²) < 4.78 is 1.91. The molecule has 0 unspecified atom stereocenters. The number of azide groups is 1. The van der Waals surface area contributed by atoms with Crippen LogP contribution in [0.3, 0.4) is 0 Å². The lowest BCUT2D eigenvalue weighted by Gasteiger charge is -2.59. The number of carbonyl (C=O) groups is 1. The molecule has 96 valence electrons. The Kier molecular flexibility index (Phi) is 2.97. The zero-order valence-electron chi connectivity index (χ0n) is 11.6. The minimum atomic E-state index is -1.93. The molecule has 17 heavy (non-hydrogen) atoms. The number of hydrogen-bond acceptors (Lipinski definition) is 2. The predicted molar refractivity (Wildman–Crippen MR) is 69.5 cm³/mol. The monoisotopic (exact) mass is 255 g/mol. The lowest BCUT2D eigenvalue weighted by molar-refractivity contribution is -0.0297. The third-order valence-corrected chi connectivity index (χ3v) is 9.49. The number of carbonyl (C=O) groups excluding carboxylic acids is 1. The molecule has 0 bridgehead atoms. The molecule has 1 saturated heterocycles. The fraction of sp³-hybridized carbons (Fsp3) is 0.900.